The van der Waals surface area contributed by atoms with Crippen molar-refractivity contribution < 1.29 is 13.2 Å². The molecule has 0 bridgehead atoms. The number of benzene rings is 2. The van der Waals surface area contributed by atoms with Crippen LogP contribution < -0.4 is 15.8 Å². The Labute approximate surface area is 149 Å². The summed E-state index contributed by atoms with van der Waals surface area (Å²) in [4.78, 5) is -0.0589. The van der Waals surface area contributed by atoms with Gasteiger partial charge in [-0.05, 0) is 36.4 Å². The number of aromatic nitrogens is 2. The van der Waals surface area contributed by atoms with Crippen LogP contribution in [-0.2, 0) is 9.84 Å². The molecule has 0 atom stereocenters. The SMILES string of the molecule is COc1cccc(Nc2n[nH]c(N)c2S(=O)(=O)c2ccc(Cl)cc2)c1. The number of sulfone groups is 1. The second kappa shape index (κ2) is 6.66. The van der Waals surface area contributed by atoms with Crippen LogP contribution in [0.2, 0.25) is 5.02 Å². The smallest absolute Gasteiger partial charge is 0.213 e. The van der Waals surface area contributed by atoms with Crippen LogP contribution >= 0.6 is 11.6 Å². The second-order valence-corrected chi connectivity index (χ2v) is 7.45. The maximum absolute atomic E-state index is 12.9. The van der Waals surface area contributed by atoms with Crippen molar-refractivity contribution in [3.05, 3.63) is 53.6 Å². The molecule has 0 saturated heterocycles. The van der Waals surface area contributed by atoms with Crippen molar-refractivity contribution in [2.45, 2.75) is 9.79 Å². The fourth-order valence-corrected chi connectivity index (χ4v) is 3.81. The van der Waals surface area contributed by atoms with Gasteiger partial charge in [-0.3, -0.25) is 5.10 Å². The molecule has 0 aliphatic rings. The first kappa shape index (κ1) is 17.1. The van der Waals surface area contributed by atoms with Crippen LogP contribution in [0, 0.1) is 0 Å². The highest BCUT2D eigenvalue weighted by Crippen LogP contribution is 2.33. The zero-order valence-electron chi connectivity index (χ0n) is 13.2. The van der Waals surface area contributed by atoms with Crippen LogP contribution in [0.4, 0.5) is 17.3 Å². The van der Waals surface area contributed by atoms with Gasteiger partial charge < -0.3 is 15.8 Å². The van der Waals surface area contributed by atoms with Crippen LogP contribution in [0.1, 0.15) is 0 Å². The molecule has 25 heavy (non-hydrogen) atoms. The Bertz CT molecular complexity index is 1000. The van der Waals surface area contributed by atoms with Crippen LogP contribution in [-0.4, -0.2) is 25.7 Å². The van der Waals surface area contributed by atoms with Crippen molar-refractivity contribution >= 4 is 38.8 Å². The van der Waals surface area contributed by atoms with Gasteiger partial charge in [-0.2, -0.15) is 5.10 Å². The van der Waals surface area contributed by atoms with Crippen molar-refractivity contribution in [2.24, 2.45) is 0 Å². The van der Waals surface area contributed by atoms with Gasteiger partial charge >= 0.3 is 0 Å². The summed E-state index contributed by atoms with van der Waals surface area (Å²) in [6.45, 7) is 0. The maximum atomic E-state index is 12.9. The van der Waals surface area contributed by atoms with E-state index >= 15 is 0 Å². The number of nitrogen functional groups attached to an aromatic ring is 1. The van der Waals surface area contributed by atoms with E-state index in [1.165, 1.54) is 24.3 Å². The van der Waals surface area contributed by atoms with Gasteiger partial charge in [-0.1, -0.05) is 17.7 Å². The van der Waals surface area contributed by atoms with E-state index in [1.807, 2.05) is 0 Å². The van der Waals surface area contributed by atoms with Crippen molar-refractivity contribution in [2.75, 3.05) is 18.2 Å². The monoisotopic (exact) mass is 378 g/mol. The highest BCUT2D eigenvalue weighted by atomic mass is 35.5. The van der Waals surface area contributed by atoms with Gasteiger partial charge in [0.05, 0.1) is 12.0 Å². The zero-order chi connectivity index (χ0) is 18.0. The number of H-pyrrole nitrogens is 1. The summed E-state index contributed by atoms with van der Waals surface area (Å²) in [5.41, 5.74) is 6.43. The average molecular weight is 379 g/mol. The van der Waals surface area contributed by atoms with E-state index in [1.54, 1.807) is 31.4 Å². The molecule has 0 aliphatic carbocycles. The molecule has 0 saturated carbocycles. The minimum atomic E-state index is -3.88. The van der Waals surface area contributed by atoms with Gasteiger partial charge in [0.15, 0.2) is 10.7 Å². The van der Waals surface area contributed by atoms with Gasteiger partial charge in [0.25, 0.3) is 0 Å². The number of nitrogens with two attached hydrogens (primary N) is 1. The number of methoxy groups -OCH3 is 1. The van der Waals surface area contributed by atoms with E-state index in [4.69, 9.17) is 22.1 Å². The molecule has 3 rings (SSSR count). The Morgan fingerprint density at radius 1 is 1.20 bits per heavy atom. The summed E-state index contributed by atoms with van der Waals surface area (Å²) in [6, 6.07) is 12.8. The number of rotatable bonds is 5. The molecule has 0 spiro atoms. The molecule has 1 heterocycles. The van der Waals surface area contributed by atoms with Crippen molar-refractivity contribution in [3.8, 4) is 5.75 Å². The van der Waals surface area contributed by atoms with E-state index in [0.717, 1.165) is 0 Å². The normalized spacial score (nSPS) is 11.3. The Hall–Kier alpha value is -2.71. The number of hydrogen-bond acceptors (Lipinski definition) is 6. The minimum Gasteiger partial charge on any atom is -0.497 e. The lowest BCUT2D eigenvalue weighted by molar-refractivity contribution is 0.415. The third-order valence-electron chi connectivity index (χ3n) is 3.47. The first-order valence-corrected chi connectivity index (χ1v) is 9.03. The fraction of sp³-hybridized carbons (Fsp3) is 0.0625. The first-order valence-electron chi connectivity index (χ1n) is 7.17. The minimum absolute atomic E-state index is 0.0552. The standard InChI is InChI=1S/C16H15ClN4O3S/c1-24-12-4-2-3-11(9-12)19-16-14(15(18)20-21-16)25(22,23)13-7-5-10(17)6-8-13/h2-9H,1H3,(H4,18,19,20,21). The molecule has 0 fully saturated rings. The lowest BCUT2D eigenvalue weighted by atomic mass is 10.3. The van der Waals surface area contributed by atoms with Gasteiger partial charge in [0.2, 0.25) is 9.84 Å². The summed E-state index contributed by atoms with van der Waals surface area (Å²) < 4.78 is 31.0. The molecule has 0 unspecified atom stereocenters. The molecule has 2 aromatic carbocycles. The first-order chi connectivity index (χ1) is 11.9. The fourth-order valence-electron chi connectivity index (χ4n) is 2.27. The Morgan fingerprint density at radius 2 is 1.92 bits per heavy atom. The number of anilines is 3. The summed E-state index contributed by atoms with van der Waals surface area (Å²) in [5, 5.41) is 9.86. The molecule has 0 amide bonds. The summed E-state index contributed by atoms with van der Waals surface area (Å²) in [5.74, 6) is 0.664. The lowest BCUT2D eigenvalue weighted by Gasteiger charge is -2.09. The Morgan fingerprint density at radius 3 is 2.60 bits per heavy atom. The molecule has 1 aromatic heterocycles. The quantitative estimate of drug-likeness (QED) is 0.628. The summed E-state index contributed by atoms with van der Waals surface area (Å²) in [7, 11) is -2.34. The van der Waals surface area contributed by atoms with Crippen molar-refractivity contribution in [3.63, 3.8) is 0 Å². The van der Waals surface area contributed by atoms with E-state index in [-0.39, 0.29) is 21.4 Å². The molecule has 9 heteroatoms. The molecular weight excluding hydrogens is 364 g/mol. The molecule has 0 aliphatic heterocycles. The Balaban J connectivity index is 2.03. The van der Waals surface area contributed by atoms with Gasteiger partial charge in [0, 0.05) is 16.8 Å². The van der Waals surface area contributed by atoms with Gasteiger partial charge in [-0.15, -0.1) is 0 Å². The predicted molar refractivity (Wildman–Crippen MR) is 96.2 cm³/mol. The van der Waals surface area contributed by atoms with E-state index in [9.17, 15) is 8.42 Å². The number of aromatic amines is 1. The van der Waals surface area contributed by atoms with Crippen molar-refractivity contribution in [1.82, 2.24) is 10.2 Å². The number of halogens is 1. The molecule has 130 valence electrons. The van der Waals surface area contributed by atoms with Crippen LogP contribution in [0.15, 0.2) is 58.3 Å². The lowest BCUT2D eigenvalue weighted by Crippen LogP contribution is -2.07. The third-order valence-corrected chi connectivity index (χ3v) is 5.57. The van der Waals surface area contributed by atoms with E-state index < -0.39 is 9.84 Å². The molecule has 0 radical (unpaired) electrons. The van der Waals surface area contributed by atoms with E-state index in [2.05, 4.69) is 15.5 Å². The number of nitrogens with one attached hydrogen (secondary N) is 2. The van der Waals surface area contributed by atoms with Crippen LogP contribution in [0.5, 0.6) is 5.75 Å². The highest BCUT2D eigenvalue weighted by molar-refractivity contribution is 7.91. The molecule has 4 N–H and O–H groups in total. The zero-order valence-corrected chi connectivity index (χ0v) is 14.7. The van der Waals surface area contributed by atoms with Crippen molar-refractivity contribution in [1.29, 1.82) is 0 Å². The average Bonchev–Trinajstić information content (AvgIpc) is 2.96. The van der Waals surface area contributed by atoms with Crippen LogP contribution in [0.3, 0.4) is 0 Å². The Kier molecular flexibility index (Phi) is 4.56. The number of hydrogen-bond donors (Lipinski definition) is 3. The third kappa shape index (κ3) is 3.40. The van der Waals surface area contributed by atoms with E-state index in [0.29, 0.717) is 16.5 Å². The van der Waals surface area contributed by atoms with Gasteiger partial charge in [-0.25, -0.2) is 8.42 Å². The van der Waals surface area contributed by atoms with Crippen LogP contribution in [0.25, 0.3) is 0 Å². The highest BCUT2D eigenvalue weighted by Gasteiger charge is 2.27. The molecular formula is C16H15ClN4O3S. The number of ether oxygens (including phenoxy) is 1. The number of nitrogens with zero attached hydrogens (tertiary/aromatic N) is 1. The largest absolute Gasteiger partial charge is 0.497 e. The molecule has 7 nitrogen and oxygen atoms in total. The topological polar surface area (TPSA) is 110 Å². The predicted octanol–water partition coefficient (Wildman–Crippen LogP) is 3.23. The second-order valence-electron chi connectivity index (χ2n) is 5.13. The van der Waals surface area contributed by atoms with Gasteiger partial charge in [0.1, 0.15) is 11.6 Å². The summed E-state index contributed by atoms with van der Waals surface area (Å²) >= 11 is 5.82. The maximum Gasteiger partial charge on any atom is 0.213 e. The molecule has 3 aromatic rings. The summed E-state index contributed by atoms with van der Waals surface area (Å²) in [6.07, 6.45) is 0.